The Balaban J connectivity index is 1.84. The van der Waals surface area contributed by atoms with Crippen LogP contribution >= 0.6 is 46.6 Å². The van der Waals surface area contributed by atoms with E-state index >= 15 is 0 Å². The van der Waals surface area contributed by atoms with Crippen LogP contribution in [-0.4, -0.2) is 4.98 Å². The molecule has 3 aromatic rings. The second kappa shape index (κ2) is 6.45. The van der Waals surface area contributed by atoms with Crippen molar-refractivity contribution < 1.29 is 0 Å². The number of rotatable bonds is 3. The summed E-state index contributed by atoms with van der Waals surface area (Å²) in [7, 11) is 0. The number of nitrogens with zero attached hydrogens (tertiary/aromatic N) is 1. The number of halogens is 3. The molecule has 0 unspecified atom stereocenters. The maximum Gasteiger partial charge on any atom is 0.133 e. The van der Waals surface area contributed by atoms with Gasteiger partial charge in [0, 0.05) is 21.6 Å². The summed E-state index contributed by atoms with van der Waals surface area (Å²) in [6.45, 7) is 0. The quantitative estimate of drug-likeness (QED) is 0.394. The minimum Gasteiger partial charge on any atom is -0.236 e. The number of hydrogen-bond acceptors (Lipinski definition) is 2. The van der Waals surface area contributed by atoms with E-state index in [2.05, 4.69) is 11.1 Å². The molecule has 1 aromatic heterocycles. The van der Waals surface area contributed by atoms with Crippen molar-refractivity contribution in [1.29, 1.82) is 0 Å². The molecular formula is C16H10Cl3NS. The van der Waals surface area contributed by atoms with Gasteiger partial charge in [0.2, 0.25) is 0 Å². The molecule has 0 amide bonds. The third-order valence-electron chi connectivity index (χ3n) is 3.04. The predicted octanol–water partition coefficient (Wildman–Crippen LogP) is 6.49. The largest absolute Gasteiger partial charge is 0.236 e. The number of pyridine rings is 1. The second-order valence-corrected chi connectivity index (χ2v) is 6.72. The molecule has 0 N–H and O–H groups in total. The molecule has 0 aliphatic carbocycles. The van der Waals surface area contributed by atoms with Crippen molar-refractivity contribution in [2.24, 2.45) is 0 Å². The van der Waals surface area contributed by atoms with Crippen molar-refractivity contribution in [3.63, 3.8) is 0 Å². The fourth-order valence-corrected chi connectivity index (χ4v) is 3.53. The van der Waals surface area contributed by atoms with E-state index in [-0.39, 0.29) is 0 Å². The summed E-state index contributed by atoms with van der Waals surface area (Å²) >= 11 is 19.8. The Labute approximate surface area is 142 Å². The number of aromatic nitrogens is 1. The molecule has 1 heterocycles. The van der Waals surface area contributed by atoms with Gasteiger partial charge in [-0.25, -0.2) is 4.98 Å². The van der Waals surface area contributed by atoms with Crippen molar-refractivity contribution in [3.05, 3.63) is 69.3 Å². The molecule has 0 radical (unpaired) electrons. The van der Waals surface area contributed by atoms with Crippen LogP contribution in [0.4, 0.5) is 0 Å². The third kappa shape index (κ3) is 3.46. The van der Waals surface area contributed by atoms with Crippen LogP contribution in [-0.2, 0) is 5.75 Å². The van der Waals surface area contributed by atoms with E-state index in [0.29, 0.717) is 15.2 Å². The van der Waals surface area contributed by atoms with Crippen molar-refractivity contribution in [2.45, 2.75) is 10.6 Å². The maximum atomic E-state index is 6.25. The van der Waals surface area contributed by atoms with E-state index in [1.54, 1.807) is 17.8 Å². The SMILES string of the molecule is Clc1ccc(SCc2cc3ccccc3nc2Cl)cc1Cl. The highest BCUT2D eigenvalue weighted by Gasteiger charge is 2.06. The molecule has 0 atom stereocenters. The Kier molecular flexibility index (Phi) is 4.60. The maximum absolute atomic E-state index is 6.25. The highest BCUT2D eigenvalue weighted by molar-refractivity contribution is 7.98. The van der Waals surface area contributed by atoms with Gasteiger partial charge in [-0.05, 0) is 30.3 Å². The summed E-state index contributed by atoms with van der Waals surface area (Å²) < 4.78 is 0. The first-order valence-electron chi connectivity index (χ1n) is 6.25. The van der Waals surface area contributed by atoms with Crippen molar-refractivity contribution >= 4 is 57.5 Å². The van der Waals surface area contributed by atoms with Crippen LogP contribution in [0.2, 0.25) is 15.2 Å². The van der Waals surface area contributed by atoms with E-state index in [1.807, 2.05) is 36.4 Å². The molecule has 0 bridgehead atoms. The molecule has 0 fully saturated rings. The lowest BCUT2D eigenvalue weighted by atomic mass is 10.2. The molecule has 0 aliphatic heterocycles. The normalized spacial score (nSPS) is 11.0. The standard InChI is InChI=1S/C16H10Cl3NS/c17-13-6-5-12(8-14(13)18)21-9-11-7-10-3-1-2-4-15(10)20-16(11)19/h1-8H,9H2. The smallest absolute Gasteiger partial charge is 0.133 e. The first kappa shape index (κ1) is 15.0. The van der Waals surface area contributed by atoms with Crippen molar-refractivity contribution in [2.75, 3.05) is 0 Å². The topological polar surface area (TPSA) is 12.9 Å². The highest BCUT2D eigenvalue weighted by Crippen LogP contribution is 2.31. The van der Waals surface area contributed by atoms with Crippen LogP contribution in [0.25, 0.3) is 10.9 Å². The minimum atomic E-state index is 0.543. The van der Waals surface area contributed by atoms with Gasteiger partial charge < -0.3 is 0 Å². The van der Waals surface area contributed by atoms with Crippen LogP contribution in [0, 0.1) is 0 Å². The number of hydrogen-bond donors (Lipinski definition) is 0. The van der Waals surface area contributed by atoms with Crippen LogP contribution < -0.4 is 0 Å². The summed E-state index contributed by atoms with van der Waals surface area (Å²) in [4.78, 5) is 5.47. The lowest BCUT2D eigenvalue weighted by molar-refractivity contribution is 1.30. The molecule has 3 rings (SSSR count). The fraction of sp³-hybridized carbons (Fsp3) is 0.0625. The van der Waals surface area contributed by atoms with Crippen LogP contribution in [0.3, 0.4) is 0 Å². The number of thioether (sulfide) groups is 1. The second-order valence-electron chi connectivity index (χ2n) is 4.50. The van der Waals surface area contributed by atoms with E-state index in [1.165, 1.54) is 0 Å². The molecule has 5 heteroatoms. The van der Waals surface area contributed by atoms with E-state index in [9.17, 15) is 0 Å². The molecule has 21 heavy (non-hydrogen) atoms. The molecule has 1 nitrogen and oxygen atoms in total. The molecule has 0 aliphatic rings. The lowest BCUT2D eigenvalue weighted by Gasteiger charge is -2.07. The van der Waals surface area contributed by atoms with Crippen LogP contribution in [0.5, 0.6) is 0 Å². The minimum absolute atomic E-state index is 0.543. The monoisotopic (exact) mass is 353 g/mol. The average Bonchev–Trinajstić information content (AvgIpc) is 2.48. The zero-order valence-electron chi connectivity index (χ0n) is 10.8. The predicted molar refractivity (Wildman–Crippen MR) is 92.8 cm³/mol. The summed E-state index contributed by atoms with van der Waals surface area (Å²) in [6.07, 6.45) is 0. The average molecular weight is 355 g/mol. The summed E-state index contributed by atoms with van der Waals surface area (Å²) in [5, 5.41) is 2.75. The van der Waals surface area contributed by atoms with Gasteiger partial charge >= 0.3 is 0 Å². The Morgan fingerprint density at radius 3 is 2.52 bits per heavy atom. The number of para-hydroxylation sites is 1. The van der Waals surface area contributed by atoms with Crippen molar-refractivity contribution in [3.8, 4) is 0 Å². The van der Waals surface area contributed by atoms with Gasteiger partial charge in [0.05, 0.1) is 15.6 Å². The summed E-state index contributed by atoms with van der Waals surface area (Å²) in [6, 6.07) is 15.6. The van der Waals surface area contributed by atoms with Crippen molar-refractivity contribution in [1.82, 2.24) is 4.98 Å². The summed E-state index contributed by atoms with van der Waals surface area (Å²) in [5.74, 6) is 0.731. The molecule has 0 saturated carbocycles. The fourth-order valence-electron chi connectivity index (χ4n) is 1.97. The van der Waals surface area contributed by atoms with Crippen LogP contribution in [0.1, 0.15) is 5.56 Å². The van der Waals surface area contributed by atoms with Gasteiger partial charge in [-0.15, -0.1) is 11.8 Å². The zero-order chi connectivity index (χ0) is 14.8. The van der Waals surface area contributed by atoms with Gasteiger partial charge in [0.1, 0.15) is 5.15 Å². The lowest BCUT2D eigenvalue weighted by Crippen LogP contribution is -1.88. The Bertz CT molecular complexity index is 805. The number of benzene rings is 2. The molecule has 0 saturated heterocycles. The van der Waals surface area contributed by atoms with Gasteiger partial charge in [-0.1, -0.05) is 53.0 Å². The Hall–Kier alpha value is -0.930. The van der Waals surface area contributed by atoms with E-state index < -0.39 is 0 Å². The molecule has 0 spiro atoms. The highest BCUT2D eigenvalue weighted by atomic mass is 35.5. The van der Waals surface area contributed by atoms with Gasteiger partial charge in [0.25, 0.3) is 0 Å². The first-order chi connectivity index (χ1) is 10.1. The van der Waals surface area contributed by atoms with E-state index in [4.69, 9.17) is 34.8 Å². The van der Waals surface area contributed by atoms with Gasteiger partial charge in [-0.2, -0.15) is 0 Å². The molecule has 2 aromatic carbocycles. The van der Waals surface area contributed by atoms with Gasteiger partial charge in [-0.3, -0.25) is 0 Å². The number of fused-ring (bicyclic) bond motifs is 1. The summed E-state index contributed by atoms with van der Waals surface area (Å²) in [5.41, 5.74) is 1.91. The van der Waals surface area contributed by atoms with Crippen LogP contribution in [0.15, 0.2) is 53.4 Å². The van der Waals surface area contributed by atoms with E-state index in [0.717, 1.165) is 27.1 Å². The Morgan fingerprint density at radius 2 is 1.71 bits per heavy atom. The third-order valence-corrected chi connectivity index (χ3v) is 5.14. The molecule has 106 valence electrons. The zero-order valence-corrected chi connectivity index (χ0v) is 13.9. The van der Waals surface area contributed by atoms with Gasteiger partial charge in [0.15, 0.2) is 0 Å². The first-order valence-corrected chi connectivity index (χ1v) is 8.37. The Morgan fingerprint density at radius 1 is 0.905 bits per heavy atom. The molecular weight excluding hydrogens is 345 g/mol.